The number of benzene rings is 2. The van der Waals surface area contributed by atoms with Crippen LogP contribution in [0.5, 0.6) is 0 Å². The van der Waals surface area contributed by atoms with Crippen LogP contribution >= 0.6 is 11.6 Å². The first kappa shape index (κ1) is 19.4. The molecule has 2 aromatic carbocycles. The first-order valence-electron chi connectivity index (χ1n) is 8.49. The number of nitrogens with zero attached hydrogens (tertiary/aromatic N) is 2. The Morgan fingerprint density at radius 2 is 1.79 bits per heavy atom. The Balaban J connectivity index is 1.84. The minimum absolute atomic E-state index is 0.212. The van der Waals surface area contributed by atoms with Crippen LogP contribution in [0.1, 0.15) is 37.7 Å². The minimum Gasteiger partial charge on any atom is -0.478 e. The lowest BCUT2D eigenvalue weighted by Crippen LogP contribution is -2.17. The SMILES string of the molecule is Cc1cc(/C=N\NC(=O)c2ccc(Cl)cc2)c(C)n1-c1ccccc1C(=O)O. The van der Waals surface area contributed by atoms with Crippen molar-refractivity contribution >= 4 is 29.7 Å². The van der Waals surface area contributed by atoms with E-state index in [1.807, 2.05) is 24.5 Å². The highest BCUT2D eigenvalue weighted by atomic mass is 35.5. The van der Waals surface area contributed by atoms with Crippen molar-refractivity contribution in [2.24, 2.45) is 5.10 Å². The van der Waals surface area contributed by atoms with Crippen LogP contribution in [0.15, 0.2) is 59.7 Å². The molecule has 0 aliphatic heterocycles. The zero-order valence-corrected chi connectivity index (χ0v) is 16.1. The molecular weight excluding hydrogens is 378 g/mol. The summed E-state index contributed by atoms with van der Waals surface area (Å²) in [6.07, 6.45) is 1.54. The van der Waals surface area contributed by atoms with Crippen molar-refractivity contribution in [2.75, 3.05) is 0 Å². The second-order valence-electron chi connectivity index (χ2n) is 6.19. The summed E-state index contributed by atoms with van der Waals surface area (Å²) in [7, 11) is 0. The summed E-state index contributed by atoms with van der Waals surface area (Å²) in [5, 5.41) is 14.0. The van der Waals surface area contributed by atoms with Crippen LogP contribution < -0.4 is 5.43 Å². The van der Waals surface area contributed by atoms with E-state index in [2.05, 4.69) is 10.5 Å². The molecule has 2 N–H and O–H groups in total. The third-order valence-electron chi connectivity index (χ3n) is 4.32. The van der Waals surface area contributed by atoms with Crippen LogP contribution in [0.25, 0.3) is 5.69 Å². The predicted molar refractivity (Wildman–Crippen MR) is 109 cm³/mol. The van der Waals surface area contributed by atoms with Gasteiger partial charge in [0.2, 0.25) is 0 Å². The van der Waals surface area contributed by atoms with Gasteiger partial charge in [0.25, 0.3) is 5.91 Å². The smallest absolute Gasteiger partial charge is 0.337 e. The quantitative estimate of drug-likeness (QED) is 0.501. The number of hydrogen-bond donors (Lipinski definition) is 2. The zero-order valence-electron chi connectivity index (χ0n) is 15.3. The van der Waals surface area contributed by atoms with Crippen molar-refractivity contribution in [1.82, 2.24) is 9.99 Å². The number of aromatic carboxylic acids is 1. The fourth-order valence-electron chi connectivity index (χ4n) is 2.96. The molecular formula is C21H18ClN3O3. The van der Waals surface area contributed by atoms with Crippen molar-refractivity contribution in [3.63, 3.8) is 0 Å². The molecule has 7 heteroatoms. The number of aryl methyl sites for hydroxylation is 1. The highest BCUT2D eigenvalue weighted by Crippen LogP contribution is 2.23. The van der Waals surface area contributed by atoms with E-state index in [1.165, 1.54) is 6.21 Å². The van der Waals surface area contributed by atoms with Gasteiger partial charge in [-0.2, -0.15) is 5.10 Å². The predicted octanol–water partition coefficient (Wildman–Crippen LogP) is 4.21. The van der Waals surface area contributed by atoms with Crippen LogP contribution in [0.2, 0.25) is 5.02 Å². The Bertz CT molecular complexity index is 1070. The Kier molecular flexibility index (Phi) is 5.61. The average molecular weight is 396 g/mol. The number of para-hydroxylation sites is 1. The lowest BCUT2D eigenvalue weighted by Gasteiger charge is -2.12. The van der Waals surface area contributed by atoms with Gasteiger partial charge >= 0.3 is 5.97 Å². The molecule has 0 bridgehead atoms. The van der Waals surface area contributed by atoms with Gasteiger partial charge in [-0.25, -0.2) is 10.2 Å². The van der Waals surface area contributed by atoms with E-state index in [0.717, 1.165) is 17.0 Å². The molecule has 1 heterocycles. The molecule has 0 fully saturated rings. The molecule has 1 aromatic heterocycles. The van der Waals surface area contributed by atoms with E-state index >= 15 is 0 Å². The van der Waals surface area contributed by atoms with Gasteiger partial charge in [-0.3, -0.25) is 4.79 Å². The van der Waals surface area contributed by atoms with Crippen LogP contribution in [-0.4, -0.2) is 27.8 Å². The summed E-state index contributed by atoms with van der Waals surface area (Å²) in [6.45, 7) is 3.75. The molecule has 3 rings (SSSR count). The van der Waals surface area contributed by atoms with Crippen molar-refractivity contribution in [1.29, 1.82) is 0 Å². The molecule has 3 aromatic rings. The fraction of sp³-hybridized carbons (Fsp3) is 0.0952. The molecule has 0 spiro atoms. The Labute approximate surface area is 167 Å². The summed E-state index contributed by atoms with van der Waals surface area (Å²) >= 11 is 5.82. The fourth-order valence-corrected chi connectivity index (χ4v) is 3.09. The van der Waals surface area contributed by atoms with Gasteiger partial charge in [-0.05, 0) is 56.3 Å². The second kappa shape index (κ2) is 8.10. The van der Waals surface area contributed by atoms with Gasteiger partial charge in [-0.15, -0.1) is 0 Å². The Morgan fingerprint density at radius 1 is 1.11 bits per heavy atom. The molecule has 0 saturated heterocycles. The van der Waals surface area contributed by atoms with Crippen molar-refractivity contribution in [2.45, 2.75) is 13.8 Å². The summed E-state index contributed by atoms with van der Waals surface area (Å²) in [5.74, 6) is -1.34. The Hall–Kier alpha value is -3.38. The highest BCUT2D eigenvalue weighted by Gasteiger charge is 2.16. The zero-order chi connectivity index (χ0) is 20.3. The third kappa shape index (κ3) is 3.97. The average Bonchev–Trinajstić information content (AvgIpc) is 2.95. The monoisotopic (exact) mass is 395 g/mol. The lowest BCUT2D eigenvalue weighted by atomic mass is 10.1. The molecule has 0 atom stereocenters. The largest absolute Gasteiger partial charge is 0.478 e. The number of rotatable bonds is 5. The topological polar surface area (TPSA) is 83.7 Å². The normalized spacial score (nSPS) is 11.0. The molecule has 0 aliphatic rings. The molecule has 0 aliphatic carbocycles. The Morgan fingerprint density at radius 3 is 2.46 bits per heavy atom. The minimum atomic E-state index is -0.992. The molecule has 0 saturated carbocycles. The van der Waals surface area contributed by atoms with Crippen LogP contribution in [0.3, 0.4) is 0 Å². The van der Waals surface area contributed by atoms with Crippen LogP contribution in [-0.2, 0) is 0 Å². The van der Waals surface area contributed by atoms with E-state index in [1.54, 1.807) is 48.5 Å². The molecule has 142 valence electrons. The molecule has 0 unspecified atom stereocenters. The maximum absolute atomic E-state index is 12.1. The molecule has 6 nitrogen and oxygen atoms in total. The van der Waals surface area contributed by atoms with Gasteiger partial charge in [-0.1, -0.05) is 23.7 Å². The number of carbonyl (C=O) groups excluding carboxylic acids is 1. The second-order valence-corrected chi connectivity index (χ2v) is 6.63. The lowest BCUT2D eigenvalue weighted by molar-refractivity contribution is 0.0696. The molecule has 1 amide bonds. The number of aromatic nitrogens is 1. The maximum Gasteiger partial charge on any atom is 0.337 e. The number of amides is 1. The van der Waals surface area contributed by atoms with E-state index < -0.39 is 5.97 Å². The number of hydrogen-bond acceptors (Lipinski definition) is 3. The van der Waals surface area contributed by atoms with Crippen molar-refractivity contribution in [3.8, 4) is 5.69 Å². The molecule has 28 heavy (non-hydrogen) atoms. The van der Waals surface area contributed by atoms with E-state index in [4.69, 9.17) is 11.6 Å². The van der Waals surface area contributed by atoms with Crippen LogP contribution in [0, 0.1) is 13.8 Å². The van der Waals surface area contributed by atoms with E-state index in [-0.39, 0.29) is 11.5 Å². The summed E-state index contributed by atoms with van der Waals surface area (Å²) < 4.78 is 1.85. The summed E-state index contributed by atoms with van der Waals surface area (Å²) in [6, 6.07) is 15.2. The first-order chi connectivity index (χ1) is 13.4. The molecule has 0 radical (unpaired) electrons. The van der Waals surface area contributed by atoms with Gasteiger partial charge in [0.05, 0.1) is 17.5 Å². The van der Waals surface area contributed by atoms with Gasteiger partial charge in [0, 0.05) is 27.5 Å². The van der Waals surface area contributed by atoms with E-state index in [9.17, 15) is 14.7 Å². The first-order valence-corrected chi connectivity index (χ1v) is 8.87. The van der Waals surface area contributed by atoms with E-state index in [0.29, 0.717) is 16.3 Å². The van der Waals surface area contributed by atoms with Gasteiger partial charge in [0.15, 0.2) is 0 Å². The maximum atomic E-state index is 12.1. The van der Waals surface area contributed by atoms with Crippen LogP contribution in [0.4, 0.5) is 0 Å². The number of carboxylic acids is 1. The van der Waals surface area contributed by atoms with Gasteiger partial charge < -0.3 is 9.67 Å². The highest BCUT2D eigenvalue weighted by molar-refractivity contribution is 6.30. The van der Waals surface area contributed by atoms with Crippen molar-refractivity contribution < 1.29 is 14.7 Å². The standard InChI is InChI=1S/C21H18ClN3O3/c1-13-11-16(12-23-24-20(26)15-7-9-17(22)10-8-15)14(2)25(13)19-6-4-3-5-18(19)21(27)28/h3-12H,1-2H3,(H,24,26)(H,27,28)/b23-12-. The number of halogens is 1. The number of hydrazone groups is 1. The summed E-state index contributed by atoms with van der Waals surface area (Å²) in [4.78, 5) is 23.6. The number of carboxylic acid groups (broad SMARTS) is 1. The summed E-state index contributed by atoms with van der Waals surface area (Å²) in [5.41, 5.74) is 6.16. The number of carbonyl (C=O) groups is 2. The number of nitrogens with one attached hydrogen (secondary N) is 1. The van der Waals surface area contributed by atoms with Gasteiger partial charge in [0.1, 0.15) is 0 Å². The van der Waals surface area contributed by atoms with Crippen molar-refractivity contribution in [3.05, 3.63) is 87.7 Å². The third-order valence-corrected chi connectivity index (χ3v) is 4.57.